The molecule has 1 amide bonds. The molecule has 0 radical (unpaired) electrons. The van der Waals surface area contributed by atoms with Crippen molar-refractivity contribution in [1.82, 2.24) is 0 Å². The lowest BCUT2D eigenvalue weighted by Gasteiger charge is -2.09. The zero-order valence-electron chi connectivity index (χ0n) is 9.69. The van der Waals surface area contributed by atoms with Gasteiger partial charge in [0, 0.05) is 11.8 Å². The highest BCUT2D eigenvalue weighted by Gasteiger charge is 2.50. The smallest absolute Gasteiger partial charge is 0.244 e. The minimum atomic E-state index is -0.790. The molecule has 0 atom stereocenters. The Morgan fingerprint density at radius 2 is 2.35 bits per heavy atom. The van der Waals surface area contributed by atoms with Gasteiger partial charge in [0.1, 0.15) is 11.2 Å². The van der Waals surface area contributed by atoms with E-state index in [1.807, 2.05) is 19.1 Å². The summed E-state index contributed by atoms with van der Waals surface area (Å²) in [5, 5.41) is 11.7. The van der Waals surface area contributed by atoms with Crippen LogP contribution in [0.3, 0.4) is 0 Å². The molecule has 1 saturated carbocycles. The van der Waals surface area contributed by atoms with Crippen LogP contribution in [0.2, 0.25) is 0 Å². The minimum absolute atomic E-state index is 0.214. The van der Waals surface area contributed by atoms with E-state index < -0.39 is 5.41 Å². The number of hydrogen-bond donors (Lipinski definition) is 1. The van der Waals surface area contributed by atoms with E-state index in [-0.39, 0.29) is 5.91 Å². The van der Waals surface area contributed by atoms with Gasteiger partial charge in [0.05, 0.1) is 12.7 Å². The van der Waals surface area contributed by atoms with Gasteiger partial charge in [-0.05, 0) is 31.9 Å². The van der Waals surface area contributed by atoms with Crippen molar-refractivity contribution in [3.8, 4) is 11.8 Å². The standard InChI is InChI=1S/C13H14N2O2/c1-2-17-11-5-3-4-10(8-11)15-12(16)13(9-14)6-7-13/h3-5,8H,2,6-7H2,1H3,(H,15,16). The average Bonchev–Trinajstić information content (AvgIpc) is 3.11. The van der Waals surface area contributed by atoms with E-state index in [4.69, 9.17) is 10.00 Å². The number of amides is 1. The highest BCUT2D eigenvalue weighted by molar-refractivity contribution is 5.99. The Hall–Kier alpha value is -2.02. The van der Waals surface area contributed by atoms with Crippen LogP contribution < -0.4 is 10.1 Å². The molecule has 4 heteroatoms. The number of nitriles is 1. The van der Waals surface area contributed by atoms with E-state index >= 15 is 0 Å². The van der Waals surface area contributed by atoms with Crippen LogP contribution in [-0.2, 0) is 4.79 Å². The van der Waals surface area contributed by atoms with Crippen molar-refractivity contribution >= 4 is 11.6 Å². The van der Waals surface area contributed by atoms with E-state index in [0.29, 0.717) is 30.9 Å². The van der Waals surface area contributed by atoms with Crippen LogP contribution in [0.15, 0.2) is 24.3 Å². The van der Waals surface area contributed by atoms with E-state index in [1.54, 1.807) is 12.1 Å². The second kappa shape index (κ2) is 4.46. The molecule has 0 unspecified atom stereocenters. The normalized spacial score (nSPS) is 15.8. The predicted molar refractivity (Wildman–Crippen MR) is 63.5 cm³/mol. The maximum absolute atomic E-state index is 11.8. The van der Waals surface area contributed by atoms with Gasteiger partial charge in [-0.2, -0.15) is 5.26 Å². The van der Waals surface area contributed by atoms with E-state index in [0.717, 1.165) is 0 Å². The predicted octanol–water partition coefficient (Wildman–Crippen LogP) is 2.33. The zero-order chi connectivity index (χ0) is 12.3. The highest BCUT2D eigenvalue weighted by Crippen LogP contribution is 2.45. The van der Waals surface area contributed by atoms with E-state index in [1.165, 1.54) is 0 Å². The molecule has 0 saturated heterocycles. The van der Waals surface area contributed by atoms with Gasteiger partial charge in [0.2, 0.25) is 5.91 Å². The Bertz CT molecular complexity index is 473. The Morgan fingerprint density at radius 3 is 2.94 bits per heavy atom. The van der Waals surface area contributed by atoms with Gasteiger partial charge in [0.15, 0.2) is 0 Å². The third-order valence-electron chi connectivity index (χ3n) is 2.80. The maximum Gasteiger partial charge on any atom is 0.244 e. The van der Waals surface area contributed by atoms with Gasteiger partial charge in [0.25, 0.3) is 0 Å². The lowest BCUT2D eigenvalue weighted by Crippen LogP contribution is -2.22. The number of hydrogen-bond acceptors (Lipinski definition) is 3. The molecule has 0 bridgehead atoms. The molecule has 0 spiro atoms. The molecule has 0 aliphatic heterocycles. The first-order valence-corrected chi connectivity index (χ1v) is 5.66. The van der Waals surface area contributed by atoms with Crippen LogP contribution in [-0.4, -0.2) is 12.5 Å². The monoisotopic (exact) mass is 230 g/mol. The SMILES string of the molecule is CCOc1cccc(NC(=O)C2(C#N)CC2)c1. The highest BCUT2D eigenvalue weighted by atomic mass is 16.5. The summed E-state index contributed by atoms with van der Waals surface area (Å²) in [6.07, 6.45) is 1.31. The van der Waals surface area contributed by atoms with Gasteiger partial charge >= 0.3 is 0 Å². The minimum Gasteiger partial charge on any atom is -0.494 e. The quantitative estimate of drug-likeness (QED) is 0.863. The van der Waals surface area contributed by atoms with Crippen molar-refractivity contribution < 1.29 is 9.53 Å². The molecule has 1 aliphatic carbocycles. The summed E-state index contributed by atoms with van der Waals surface area (Å²) in [7, 11) is 0. The molecule has 2 rings (SSSR count). The van der Waals surface area contributed by atoms with Gasteiger partial charge in [-0.3, -0.25) is 4.79 Å². The summed E-state index contributed by atoms with van der Waals surface area (Å²) in [6, 6.07) is 9.26. The Morgan fingerprint density at radius 1 is 1.59 bits per heavy atom. The molecule has 17 heavy (non-hydrogen) atoms. The Labute approximate surface area is 100 Å². The number of nitrogens with zero attached hydrogens (tertiary/aromatic N) is 1. The van der Waals surface area contributed by atoms with Crippen molar-refractivity contribution in [2.45, 2.75) is 19.8 Å². The summed E-state index contributed by atoms with van der Waals surface area (Å²) >= 11 is 0. The molecule has 0 aromatic heterocycles. The van der Waals surface area contributed by atoms with Crippen LogP contribution in [0.25, 0.3) is 0 Å². The third kappa shape index (κ3) is 2.39. The molecule has 0 heterocycles. The molecule has 1 fully saturated rings. The van der Waals surface area contributed by atoms with Crippen molar-refractivity contribution in [2.24, 2.45) is 5.41 Å². The molecule has 1 aromatic rings. The van der Waals surface area contributed by atoms with Crippen molar-refractivity contribution in [3.05, 3.63) is 24.3 Å². The second-order valence-corrected chi connectivity index (χ2v) is 4.11. The van der Waals surface area contributed by atoms with Gasteiger partial charge in [-0.1, -0.05) is 6.07 Å². The average molecular weight is 230 g/mol. The summed E-state index contributed by atoms with van der Waals surface area (Å²) in [5.74, 6) is 0.501. The molecule has 1 aromatic carbocycles. The number of benzene rings is 1. The van der Waals surface area contributed by atoms with E-state index in [2.05, 4.69) is 11.4 Å². The van der Waals surface area contributed by atoms with Crippen LogP contribution >= 0.6 is 0 Å². The van der Waals surface area contributed by atoms with Gasteiger partial charge < -0.3 is 10.1 Å². The summed E-state index contributed by atoms with van der Waals surface area (Å²) < 4.78 is 5.34. The van der Waals surface area contributed by atoms with E-state index in [9.17, 15) is 4.79 Å². The van der Waals surface area contributed by atoms with Crippen LogP contribution in [0.1, 0.15) is 19.8 Å². The second-order valence-electron chi connectivity index (χ2n) is 4.11. The molecule has 1 N–H and O–H groups in total. The first-order chi connectivity index (χ1) is 8.20. The van der Waals surface area contributed by atoms with Gasteiger partial charge in [-0.25, -0.2) is 0 Å². The fourth-order valence-corrected chi connectivity index (χ4v) is 1.60. The number of carbonyl (C=O) groups is 1. The topological polar surface area (TPSA) is 62.1 Å². The molecular weight excluding hydrogens is 216 g/mol. The van der Waals surface area contributed by atoms with Crippen molar-refractivity contribution in [2.75, 3.05) is 11.9 Å². The summed E-state index contributed by atoms with van der Waals surface area (Å²) in [4.78, 5) is 11.8. The number of ether oxygens (including phenoxy) is 1. The van der Waals surface area contributed by atoms with Crippen molar-refractivity contribution in [3.63, 3.8) is 0 Å². The zero-order valence-corrected chi connectivity index (χ0v) is 9.69. The fraction of sp³-hybridized carbons (Fsp3) is 0.385. The number of carbonyl (C=O) groups excluding carboxylic acids is 1. The Balaban J connectivity index is 2.06. The first-order valence-electron chi connectivity index (χ1n) is 5.66. The fourth-order valence-electron chi connectivity index (χ4n) is 1.60. The largest absolute Gasteiger partial charge is 0.494 e. The molecule has 88 valence electrons. The van der Waals surface area contributed by atoms with Crippen molar-refractivity contribution in [1.29, 1.82) is 5.26 Å². The Kier molecular flexibility index (Phi) is 3.01. The molecular formula is C13H14N2O2. The van der Waals surface area contributed by atoms with Crippen LogP contribution in [0.5, 0.6) is 5.75 Å². The van der Waals surface area contributed by atoms with Crippen LogP contribution in [0.4, 0.5) is 5.69 Å². The number of nitrogens with one attached hydrogen (secondary N) is 1. The first kappa shape index (κ1) is 11.5. The lowest BCUT2D eigenvalue weighted by atomic mass is 10.1. The molecule has 1 aliphatic rings. The summed E-state index contributed by atoms with van der Waals surface area (Å²) in [5.41, 5.74) is -0.121. The van der Waals surface area contributed by atoms with Crippen LogP contribution in [0, 0.1) is 16.7 Å². The third-order valence-corrected chi connectivity index (χ3v) is 2.80. The number of rotatable bonds is 4. The molecule has 4 nitrogen and oxygen atoms in total. The lowest BCUT2D eigenvalue weighted by molar-refractivity contribution is -0.119. The summed E-state index contributed by atoms with van der Waals surface area (Å²) in [6.45, 7) is 2.49. The van der Waals surface area contributed by atoms with Gasteiger partial charge in [-0.15, -0.1) is 0 Å². The maximum atomic E-state index is 11.8. The number of anilines is 1.